The lowest BCUT2D eigenvalue weighted by atomic mass is 10.1. The van der Waals surface area contributed by atoms with Crippen LogP contribution >= 0.6 is 0 Å². The van der Waals surface area contributed by atoms with Gasteiger partial charge in [0.15, 0.2) is 0 Å². The maximum Gasteiger partial charge on any atom is 0.241 e. The Kier molecular flexibility index (Phi) is 3.97. The highest BCUT2D eigenvalue weighted by atomic mass is 16.2. The third-order valence-corrected chi connectivity index (χ3v) is 3.09. The summed E-state index contributed by atoms with van der Waals surface area (Å²) < 4.78 is 1.66. The zero-order valence-electron chi connectivity index (χ0n) is 9.56. The fraction of sp³-hybridized carbons (Fsp3) is 0.667. The highest BCUT2D eigenvalue weighted by molar-refractivity contribution is 5.75. The molecule has 1 fully saturated rings. The quantitative estimate of drug-likeness (QED) is 0.790. The van der Waals surface area contributed by atoms with Crippen LogP contribution in [0.2, 0.25) is 0 Å². The van der Waals surface area contributed by atoms with Gasteiger partial charge in [-0.25, -0.2) is 0 Å². The Hall–Kier alpha value is -1.32. The maximum atomic E-state index is 11.7. The van der Waals surface area contributed by atoms with Crippen molar-refractivity contribution < 1.29 is 4.79 Å². The highest BCUT2D eigenvalue weighted by Gasteiger charge is 2.14. The van der Waals surface area contributed by atoms with E-state index in [1.165, 1.54) is 25.7 Å². The summed E-state index contributed by atoms with van der Waals surface area (Å²) in [5.41, 5.74) is 0. The van der Waals surface area contributed by atoms with E-state index in [-0.39, 0.29) is 5.91 Å². The van der Waals surface area contributed by atoms with E-state index in [1.54, 1.807) is 10.9 Å². The lowest BCUT2D eigenvalue weighted by Crippen LogP contribution is -2.36. The van der Waals surface area contributed by atoms with Crippen molar-refractivity contribution in [2.75, 3.05) is 0 Å². The molecule has 0 aliphatic heterocycles. The molecule has 1 amide bonds. The van der Waals surface area contributed by atoms with Crippen LogP contribution in [0.4, 0.5) is 0 Å². The summed E-state index contributed by atoms with van der Waals surface area (Å²) in [4.78, 5) is 11.7. The second-order valence-electron chi connectivity index (χ2n) is 4.46. The Morgan fingerprint density at radius 3 is 2.69 bits per heavy atom. The average Bonchev–Trinajstić information content (AvgIpc) is 2.62. The van der Waals surface area contributed by atoms with E-state index in [4.69, 9.17) is 0 Å². The van der Waals surface area contributed by atoms with Crippen molar-refractivity contribution in [3.8, 4) is 0 Å². The summed E-state index contributed by atoms with van der Waals surface area (Å²) >= 11 is 0. The smallest absolute Gasteiger partial charge is 0.241 e. The number of hydrogen-bond acceptors (Lipinski definition) is 2. The molecule has 1 aromatic heterocycles. The van der Waals surface area contributed by atoms with Gasteiger partial charge < -0.3 is 5.32 Å². The zero-order valence-corrected chi connectivity index (χ0v) is 9.56. The molecule has 2 rings (SSSR count). The number of nitrogens with zero attached hydrogens (tertiary/aromatic N) is 2. The van der Waals surface area contributed by atoms with Crippen LogP contribution in [-0.4, -0.2) is 21.7 Å². The van der Waals surface area contributed by atoms with Gasteiger partial charge in [-0.3, -0.25) is 9.48 Å². The molecule has 1 aromatic rings. The number of amides is 1. The Morgan fingerprint density at radius 1 is 1.31 bits per heavy atom. The van der Waals surface area contributed by atoms with Gasteiger partial charge in [-0.05, 0) is 18.9 Å². The second-order valence-corrected chi connectivity index (χ2v) is 4.46. The summed E-state index contributed by atoms with van der Waals surface area (Å²) in [6, 6.07) is 2.21. The molecule has 0 atom stereocenters. The molecular formula is C12H19N3O. The molecule has 4 nitrogen and oxygen atoms in total. The number of hydrogen-bond donors (Lipinski definition) is 1. The summed E-state index contributed by atoms with van der Waals surface area (Å²) in [5.74, 6) is 0.0793. The van der Waals surface area contributed by atoms with E-state index in [0.29, 0.717) is 12.6 Å². The fourth-order valence-corrected chi connectivity index (χ4v) is 2.24. The van der Waals surface area contributed by atoms with Crippen molar-refractivity contribution in [3.05, 3.63) is 18.5 Å². The lowest BCUT2D eigenvalue weighted by Gasteiger charge is -2.16. The van der Waals surface area contributed by atoms with Crippen LogP contribution in [0.5, 0.6) is 0 Å². The molecule has 1 N–H and O–H groups in total. The van der Waals surface area contributed by atoms with E-state index in [2.05, 4.69) is 10.4 Å². The first-order valence-electron chi connectivity index (χ1n) is 6.11. The highest BCUT2D eigenvalue weighted by Crippen LogP contribution is 2.17. The summed E-state index contributed by atoms with van der Waals surface area (Å²) in [5, 5.41) is 7.12. The van der Waals surface area contributed by atoms with Gasteiger partial charge in [0, 0.05) is 18.4 Å². The molecule has 0 unspecified atom stereocenters. The van der Waals surface area contributed by atoms with E-state index in [1.807, 2.05) is 12.3 Å². The summed E-state index contributed by atoms with van der Waals surface area (Å²) in [6.45, 7) is 0.337. The van der Waals surface area contributed by atoms with E-state index in [0.717, 1.165) is 12.8 Å². The molecule has 0 bridgehead atoms. The van der Waals surface area contributed by atoms with Gasteiger partial charge in [-0.2, -0.15) is 5.10 Å². The van der Waals surface area contributed by atoms with Crippen LogP contribution in [0.3, 0.4) is 0 Å². The predicted octanol–water partition coefficient (Wildman–Crippen LogP) is 1.72. The third-order valence-electron chi connectivity index (χ3n) is 3.09. The Balaban J connectivity index is 1.77. The minimum atomic E-state index is 0.0793. The molecule has 16 heavy (non-hydrogen) atoms. The standard InChI is InChI=1S/C12H19N3O/c16-12(10-15-9-5-8-13-15)14-11-6-3-1-2-4-7-11/h5,8-9,11H,1-4,6-7,10H2,(H,14,16). The fourth-order valence-electron chi connectivity index (χ4n) is 2.24. The van der Waals surface area contributed by atoms with Gasteiger partial charge >= 0.3 is 0 Å². The Bertz CT molecular complexity index is 313. The number of nitrogens with one attached hydrogen (secondary N) is 1. The van der Waals surface area contributed by atoms with Crippen LogP contribution in [-0.2, 0) is 11.3 Å². The number of aromatic nitrogens is 2. The molecule has 0 radical (unpaired) electrons. The molecule has 1 aliphatic carbocycles. The maximum absolute atomic E-state index is 11.7. The molecule has 1 aliphatic rings. The third kappa shape index (κ3) is 3.36. The molecule has 0 aromatic carbocycles. The molecule has 88 valence electrons. The first kappa shape index (κ1) is 11.2. The van der Waals surface area contributed by atoms with E-state index >= 15 is 0 Å². The van der Waals surface area contributed by atoms with Crippen LogP contribution in [0.15, 0.2) is 18.5 Å². The molecule has 0 saturated heterocycles. The molecule has 1 heterocycles. The van der Waals surface area contributed by atoms with Crippen molar-refractivity contribution in [1.82, 2.24) is 15.1 Å². The van der Waals surface area contributed by atoms with E-state index in [9.17, 15) is 4.79 Å². The molecular weight excluding hydrogens is 202 g/mol. The minimum absolute atomic E-state index is 0.0793. The summed E-state index contributed by atoms with van der Waals surface area (Å²) in [7, 11) is 0. The van der Waals surface area contributed by atoms with Crippen molar-refractivity contribution in [2.24, 2.45) is 0 Å². The van der Waals surface area contributed by atoms with Gasteiger partial charge in [0.1, 0.15) is 6.54 Å². The van der Waals surface area contributed by atoms with Gasteiger partial charge in [0.2, 0.25) is 5.91 Å². The second kappa shape index (κ2) is 5.68. The van der Waals surface area contributed by atoms with Gasteiger partial charge in [0.05, 0.1) is 0 Å². The first-order valence-corrected chi connectivity index (χ1v) is 6.11. The Morgan fingerprint density at radius 2 is 2.06 bits per heavy atom. The minimum Gasteiger partial charge on any atom is -0.352 e. The van der Waals surface area contributed by atoms with Crippen molar-refractivity contribution >= 4 is 5.91 Å². The Labute approximate surface area is 96.0 Å². The van der Waals surface area contributed by atoms with Gasteiger partial charge in [-0.15, -0.1) is 0 Å². The topological polar surface area (TPSA) is 46.9 Å². The van der Waals surface area contributed by atoms with Crippen LogP contribution in [0, 0.1) is 0 Å². The SMILES string of the molecule is O=C(Cn1cccn1)NC1CCCCCC1. The number of rotatable bonds is 3. The predicted molar refractivity (Wildman–Crippen MR) is 61.9 cm³/mol. The van der Waals surface area contributed by atoms with Gasteiger partial charge in [0.25, 0.3) is 0 Å². The monoisotopic (exact) mass is 221 g/mol. The molecule has 1 saturated carbocycles. The molecule has 4 heteroatoms. The summed E-state index contributed by atoms with van der Waals surface area (Å²) in [6.07, 6.45) is 10.9. The normalized spacial score (nSPS) is 18.0. The van der Waals surface area contributed by atoms with Crippen LogP contribution < -0.4 is 5.32 Å². The first-order chi connectivity index (χ1) is 7.84. The van der Waals surface area contributed by atoms with Crippen LogP contribution in [0.1, 0.15) is 38.5 Å². The molecule has 0 spiro atoms. The lowest BCUT2D eigenvalue weighted by molar-refractivity contribution is -0.122. The zero-order chi connectivity index (χ0) is 11.2. The number of carbonyl (C=O) groups is 1. The van der Waals surface area contributed by atoms with Crippen LogP contribution in [0.25, 0.3) is 0 Å². The van der Waals surface area contributed by atoms with Crippen molar-refractivity contribution in [1.29, 1.82) is 0 Å². The van der Waals surface area contributed by atoms with E-state index < -0.39 is 0 Å². The van der Waals surface area contributed by atoms with Gasteiger partial charge in [-0.1, -0.05) is 25.7 Å². The number of carbonyl (C=O) groups excluding carboxylic acids is 1. The average molecular weight is 221 g/mol. The largest absolute Gasteiger partial charge is 0.352 e. The van der Waals surface area contributed by atoms with Crippen molar-refractivity contribution in [2.45, 2.75) is 51.1 Å². The van der Waals surface area contributed by atoms with Crippen molar-refractivity contribution in [3.63, 3.8) is 0 Å².